The van der Waals surface area contributed by atoms with Crippen molar-refractivity contribution in [3.05, 3.63) is 24.0 Å². The van der Waals surface area contributed by atoms with Gasteiger partial charge in [-0.3, -0.25) is 4.90 Å². The van der Waals surface area contributed by atoms with Crippen LogP contribution in [0, 0.1) is 0 Å². The van der Waals surface area contributed by atoms with Crippen molar-refractivity contribution in [2.24, 2.45) is 0 Å². The molecular weight excluding hydrogens is 410 g/mol. The molecule has 4 rings (SSSR count). The SMILES string of the molecule is CCOCc1nc2c(N)nc3ccc(OCCN4CCOCC4)cc3c2n1CC(C)(C)O. The molecule has 1 aliphatic rings. The number of ether oxygens (including phenoxy) is 3. The van der Waals surface area contributed by atoms with Gasteiger partial charge >= 0.3 is 0 Å². The summed E-state index contributed by atoms with van der Waals surface area (Å²) in [5, 5.41) is 11.4. The number of rotatable bonds is 9. The summed E-state index contributed by atoms with van der Waals surface area (Å²) >= 11 is 0. The van der Waals surface area contributed by atoms with Gasteiger partial charge in [0.05, 0.1) is 36.4 Å². The zero-order valence-electron chi connectivity index (χ0n) is 19.1. The summed E-state index contributed by atoms with van der Waals surface area (Å²) in [6.45, 7) is 11.6. The first kappa shape index (κ1) is 22.7. The minimum atomic E-state index is -0.939. The van der Waals surface area contributed by atoms with E-state index in [-0.39, 0.29) is 0 Å². The van der Waals surface area contributed by atoms with Crippen molar-refractivity contribution in [3.8, 4) is 5.75 Å². The number of nitrogens with zero attached hydrogens (tertiary/aromatic N) is 4. The van der Waals surface area contributed by atoms with E-state index in [0.717, 1.165) is 55.0 Å². The highest BCUT2D eigenvalue weighted by molar-refractivity contribution is 6.07. The van der Waals surface area contributed by atoms with Crippen LogP contribution in [0.25, 0.3) is 21.9 Å². The number of nitrogen functional groups attached to an aromatic ring is 1. The monoisotopic (exact) mass is 443 g/mol. The average molecular weight is 444 g/mol. The quantitative estimate of drug-likeness (QED) is 0.518. The zero-order valence-corrected chi connectivity index (χ0v) is 19.1. The standard InChI is InChI=1S/C23H33N5O4/c1-4-30-14-19-26-20-21(28(19)15-23(2,3)29)17-13-16(5-6-18(17)25-22(20)24)32-12-9-27-7-10-31-11-8-27/h5-6,13,29H,4,7-12,14-15H2,1-3H3,(H2,24,25). The molecule has 1 fully saturated rings. The van der Waals surface area contributed by atoms with Gasteiger partial charge in [0.2, 0.25) is 0 Å². The summed E-state index contributed by atoms with van der Waals surface area (Å²) in [7, 11) is 0. The zero-order chi connectivity index (χ0) is 22.7. The number of nitrogens with two attached hydrogens (primary N) is 1. The van der Waals surface area contributed by atoms with Crippen LogP contribution in [0.1, 0.15) is 26.6 Å². The lowest BCUT2D eigenvalue weighted by Gasteiger charge is -2.26. The maximum Gasteiger partial charge on any atom is 0.152 e. The Morgan fingerprint density at radius 1 is 1.22 bits per heavy atom. The summed E-state index contributed by atoms with van der Waals surface area (Å²) in [6, 6.07) is 5.81. The fourth-order valence-electron chi connectivity index (χ4n) is 4.00. The van der Waals surface area contributed by atoms with Crippen molar-refractivity contribution < 1.29 is 19.3 Å². The topological polar surface area (TPSA) is 108 Å². The Labute approximate surface area is 188 Å². The molecule has 9 nitrogen and oxygen atoms in total. The average Bonchev–Trinajstić information content (AvgIpc) is 3.11. The Morgan fingerprint density at radius 2 is 2.00 bits per heavy atom. The molecule has 0 bridgehead atoms. The molecule has 0 spiro atoms. The van der Waals surface area contributed by atoms with Crippen LogP contribution >= 0.6 is 0 Å². The van der Waals surface area contributed by atoms with Crippen LogP contribution in [-0.4, -0.2) is 76.2 Å². The predicted octanol–water partition coefficient (Wildman–Crippen LogP) is 2.19. The van der Waals surface area contributed by atoms with E-state index in [1.807, 2.05) is 29.7 Å². The first-order chi connectivity index (χ1) is 15.4. The minimum absolute atomic E-state index is 0.331. The summed E-state index contributed by atoms with van der Waals surface area (Å²) < 4.78 is 19.1. The molecular formula is C23H33N5O4. The number of fused-ring (bicyclic) bond motifs is 3. The molecule has 2 aromatic heterocycles. The lowest BCUT2D eigenvalue weighted by atomic mass is 10.1. The van der Waals surface area contributed by atoms with Gasteiger partial charge in [-0.25, -0.2) is 9.97 Å². The molecule has 1 saturated heterocycles. The Kier molecular flexibility index (Phi) is 6.80. The highest BCUT2D eigenvalue weighted by Crippen LogP contribution is 2.32. The van der Waals surface area contributed by atoms with Crippen molar-refractivity contribution in [2.45, 2.75) is 39.5 Å². The molecule has 3 N–H and O–H groups in total. The Balaban J connectivity index is 1.70. The van der Waals surface area contributed by atoms with E-state index in [9.17, 15) is 5.11 Å². The van der Waals surface area contributed by atoms with Crippen molar-refractivity contribution in [1.82, 2.24) is 19.4 Å². The van der Waals surface area contributed by atoms with E-state index in [2.05, 4.69) is 9.88 Å². The maximum atomic E-state index is 10.6. The molecule has 3 aromatic rings. The Bertz CT molecular complexity index is 1070. The first-order valence-corrected chi connectivity index (χ1v) is 11.2. The highest BCUT2D eigenvalue weighted by Gasteiger charge is 2.23. The predicted molar refractivity (Wildman–Crippen MR) is 124 cm³/mol. The van der Waals surface area contributed by atoms with Crippen LogP contribution < -0.4 is 10.5 Å². The third-order valence-corrected chi connectivity index (χ3v) is 5.51. The van der Waals surface area contributed by atoms with Crippen LogP contribution in [0.15, 0.2) is 18.2 Å². The van der Waals surface area contributed by atoms with Crippen LogP contribution in [0.3, 0.4) is 0 Å². The fourth-order valence-corrected chi connectivity index (χ4v) is 4.00. The van der Waals surface area contributed by atoms with Crippen LogP contribution in [0.2, 0.25) is 0 Å². The fraction of sp³-hybridized carbons (Fsp3) is 0.565. The highest BCUT2D eigenvalue weighted by atomic mass is 16.5. The van der Waals surface area contributed by atoms with Crippen molar-refractivity contribution in [3.63, 3.8) is 0 Å². The van der Waals surface area contributed by atoms with E-state index < -0.39 is 5.60 Å². The molecule has 0 radical (unpaired) electrons. The summed E-state index contributed by atoms with van der Waals surface area (Å²) in [4.78, 5) is 11.6. The number of pyridine rings is 1. The third-order valence-electron chi connectivity index (χ3n) is 5.51. The molecule has 0 atom stereocenters. The second-order valence-electron chi connectivity index (χ2n) is 8.74. The van der Waals surface area contributed by atoms with Gasteiger partial charge in [0.15, 0.2) is 5.82 Å². The summed E-state index contributed by atoms with van der Waals surface area (Å²) in [5.41, 5.74) is 7.53. The van der Waals surface area contributed by atoms with Crippen molar-refractivity contribution in [1.29, 1.82) is 0 Å². The van der Waals surface area contributed by atoms with E-state index >= 15 is 0 Å². The number of aromatic nitrogens is 3. The summed E-state index contributed by atoms with van der Waals surface area (Å²) in [6.07, 6.45) is 0. The third kappa shape index (κ3) is 5.12. The number of anilines is 1. The molecule has 0 aliphatic carbocycles. The maximum absolute atomic E-state index is 10.6. The molecule has 9 heteroatoms. The number of hydrogen-bond acceptors (Lipinski definition) is 8. The van der Waals surface area contributed by atoms with Crippen molar-refractivity contribution >= 4 is 27.8 Å². The molecule has 3 heterocycles. The second kappa shape index (κ2) is 9.58. The Hall–Kier alpha value is -2.46. The number of aliphatic hydroxyl groups is 1. The van der Waals surface area contributed by atoms with Gasteiger partial charge in [0.1, 0.15) is 30.3 Å². The number of morpholine rings is 1. The van der Waals surface area contributed by atoms with Gasteiger partial charge in [-0.2, -0.15) is 0 Å². The second-order valence-corrected chi connectivity index (χ2v) is 8.74. The lowest BCUT2D eigenvalue weighted by Crippen LogP contribution is -2.38. The molecule has 1 aliphatic heterocycles. The lowest BCUT2D eigenvalue weighted by molar-refractivity contribution is 0.0322. The largest absolute Gasteiger partial charge is 0.492 e. The smallest absolute Gasteiger partial charge is 0.152 e. The van der Waals surface area contributed by atoms with Gasteiger partial charge in [-0.15, -0.1) is 0 Å². The molecule has 0 amide bonds. The normalized spacial score (nSPS) is 15.6. The van der Waals surface area contributed by atoms with Gasteiger partial charge in [0, 0.05) is 31.6 Å². The number of imidazole rings is 1. The van der Waals surface area contributed by atoms with Crippen LogP contribution in [0.5, 0.6) is 5.75 Å². The van der Waals surface area contributed by atoms with Crippen LogP contribution in [0.4, 0.5) is 5.82 Å². The Morgan fingerprint density at radius 3 is 2.72 bits per heavy atom. The molecule has 0 unspecified atom stereocenters. The van der Waals surface area contributed by atoms with Gasteiger partial charge in [-0.05, 0) is 39.0 Å². The van der Waals surface area contributed by atoms with E-state index in [1.54, 1.807) is 13.8 Å². The minimum Gasteiger partial charge on any atom is -0.492 e. The van der Waals surface area contributed by atoms with E-state index in [4.69, 9.17) is 24.9 Å². The number of benzene rings is 1. The summed E-state index contributed by atoms with van der Waals surface area (Å²) in [5.74, 6) is 1.84. The molecule has 174 valence electrons. The molecule has 0 saturated carbocycles. The van der Waals surface area contributed by atoms with E-state index in [0.29, 0.717) is 43.5 Å². The van der Waals surface area contributed by atoms with Crippen molar-refractivity contribution in [2.75, 3.05) is 51.8 Å². The van der Waals surface area contributed by atoms with Gasteiger partial charge in [-0.1, -0.05) is 0 Å². The van der Waals surface area contributed by atoms with Gasteiger partial charge in [0.25, 0.3) is 0 Å². The van der Waals surface area contributed by atoms with Crippen LogP contribution in [-0.2, 0) is 22.6 Å². The molecule has 1 aromatic carbocycles. The van der Waals surface area contributed by atoms with Gasteiger partial charge < -0.3 is 29.6 Å². The first-order valence-electron chi connectivity index (χ1n) is 11.2. The molecule has 32 heavy (non-hydrogen) atoms. The van der Waals surface area contributed by atoms with E-state index in [1.165, 1.54) is 0 Å². The number of hydrogen-bond donors (Lipinski definition) is 2.